The topological polar surface area (TPSA) is 32.7 Å². The highest BCUT2D eigenvalue weighted by atomic mass is 16.5. The van der Waals surface area contributed by atoms with Gasteiger partial charge in [-0.15, -0.1) is 0 Å². The number of ether oxygens (including phenoxy) is 1. The minimum absolute atomic E-state index is 0.203. The van der Waals surface area contributed by atoms with Crippen molar-refractivity contribution in [3.8, 4) is 0 Å². The van der Waals surface area contributed by atoms with Gasteiger partial charge in [0.2, 0.25) is 0 Å². The molecule has 1 aliphatic heterocycles. The van der Waals surface area contributed by atoms with Crippen LogP contribution in [-0.2, 0) is 4.74 Å². The first kappa shape index (κ1) is 12.9. The molecule has 1 N–H and O–H groups in total. The summed E-state index contributed by atoms with van der Waals surface area (Å²) in [6.45, 7) is 9.06. The fourth-order valence-electron chi connectivity index (χ4n) is 2.29. The van der Waals surface area contributed by atoms with Crippen LogP contribution in [0.5, 0.6) is 0 Å². The molecule has 1 fully saturated rings. The van der Waals surface area contributed by atoms with E-state index in [1.807, 2.05) is 13.8 Å². The first-order valence-corrected chi connectivity index (χ1v) is 6.22. The zero-order valence-electron chi connectivity index (χ0n) is 10.3. The van der Waals surface area contributed by atoms with Crippen LogP contribution in [0.3, 0.4) is 0 Å². The number of rotatable bonds is 5. The Hall–Kier alpha value is -0.120. The van der Waals surface area contributed by atoms with Gasteiger partial charge in [0.25, 0.3) is 0 Å². The van der Waals surface area contributed by atoms with Gasteiger partial charge in [-0.1, -0.05) is 6.92 Å². The number of aliphatic hydroxyl groups is 1. The van der Waals surface area contributed by atoms with Crippen LogP contribution in [0.2, 0.25) is 0 Å². The zero-order valence-corrected chi connectivity index (χ0v) is 10.3. The number of piperidine rings is 1. The highest BCUT2D eigenvalue weighted by molar-refractivity contribution is 4.80. The lowest BCUT2D eigenvalue weighted by Crippen LogP contribution is -2.48. The van der Waals surface area contributed by atoms with Crippen LogP contribution in [0.1, 0.15) is 40.0 Å². The lowest BCUT2D eigenvalue weighted by atomic mass is 10.0. The van der Waals surface area contributed by atoms with E-state index in [1.54, 1.807) is 0 Å². The van der Waals surface area contributed by atoms with Crippen molar-refractivity contribution in [2.24, 2.45) is 0 Å². The van der Waals surface area contributed by atoms with E-state index in [9.17, 15) is 5.11 Å². The second kappa shape index (κ2) is 6.46. The van der Waals surface area contributed by atoms with Gasteiger partial charge in [0.05, 0.1) is 12.2 Å². The smallest absolute Gasteiger partial charge is 0.0702 e. The third-order valence-electron chi connectivity index (χ3n) is 3.36. The molecule has 1 heterocycles. The minimum Gasteiger partial charge on any atom is -0.392 e. The monoisotopic (exact) mass is 215 g/mol. The van der Waals surface area contributed by atoms with Gasteiger partial charge in [0.15, 0.2) is 0 Å². The van der Waals surface area contributed by atoms with Crippen molar-refractivity contribution in [3.05, 3.63) is 0 Å². The third-order valence-corrected chi connectivity index (χ3v) is 3.36. The van der Waals surface area contributed by atoms with Crippen LogP contribution in [0.25, 0.3) is 0 Å². The van der Waals surface area contributed by atoms with Crippen molar-refractivity contribution in [1.82, 2.24) is 4.90 Å². The summed E-state index contributed by atoms with van der Waals surface area (Å²) in [6, 6.07) is 0.262. The second-order valence-corrected chi connectivity index (χ2v) is 4.43. The fraction of sp³-hybridized carbons (Fsp3) is 1.00. The Bertz CT molecular complexity index is 173. The molecule has 0 aromatic carbocycles. The van der Waals surface area contributed by atoms with Gasteiger partial charge in [0.1, 0.15) is 0 Å². The number of hydrogen-bond donors (Lipinski definition) is 1. The van der Waals surface area contributed by atoms with E-state index in [1.165, 1.54) is 12.8 Å². The van der Waals surface area contributed by atoms with Crippen molar-refractivity contribution in [2.45, 2.75) is 58.3 Å². The molecule has 0 aliphatic carbocycles. The van der Waals surface area contributed by atoms with Crippen LogP contribution in [0, 0.1) is 0 Å². The van der Waals surface area contributed by atoms with E-state index in [0.717, 1.165) is 26.1 Å². The number of hydrogen-bond acceptors (Lipinski definition) is 3. The highest BCUT2D eigenvalue weighted by Crippen LogP contribution is 2.17. The van der Waals surface area contributed by atoms with Gasteiger partial charge in [-0.25, -0.2) is 0 Å². The molecule has 3 nitrogen and oxygen atoms in total. The van der Waals surface area contributed by atoms with Crippen LogP contribution in [0.15, 0.2) is 0 Å². The number of likely N-dealkylation sites (tertiary alicyclic amines) is 1. The Morgan fingerprint density at radius 2 is 2.20 bits per heavy atom. The van der Waals surface area contributed by atoms with E-state index >= 15 is 0 Å². The Morgan fingerprint density at radius 1 is 1.47 bits per heavy atom. The second-order valence-electron chi connectivity index (χ2n) is 4.43. The van der Waals surface area contributed by atoms with Gasteiger partial charge in [-0.3, -0.25) is 4.90 Å². The zero-order chi connectivity index (χ0) is 11.3. The molecule has 0 aromatic rings. The molecule has 1 rings (SSSR count). The molecule has 3 atom stereocenters. The van der Waals surface area contributed by atoms with Crippen molar-refractivity contribution < 1.29 is 9.84 Å². The van der Waals surface area contributed by atoms with Gasteiger partial charge >= 0.3 is 0 Å². The van der Waals surface area contributed by atoms with Crippen LogP contribution >= 0.6 is 0 Å². The largest absolute Gasteiger partial charge is 0.392 e. The average molecular weight is 215 g/mol. The molecule has 0 aromatic heterocycles. The lowest BCUT2D eigenvalue weighted by Gasteiger charge is -2.38. The summed E-state index contributed by atoms with van der Waals surface area (Å²) < 4.78 is 5.65. The molecule has 3 unspecified atom stereocenters. The third kappa shape index (κ3) is 3.74. The predicted molar refractivity (Wildman–Crippen MR) is 62.0 cm³/mol. The Balaban J connectivity index is 2.41. The van der Waals surface area contributed by atoms with E-state index in [-0.39, 0.29) is 12.1 Å². The summed E-state index contributed by atoms with van der Waals surface area (Å²) in [5.41, 5.74) is 0. The van der Waals surface area contributed by atoms with Gasteiger partial charge in [-0.2, -0.15) is 0 Å². The SMILES string of the molecule is CCOC1CCCN(C(C)C(O)CC)C1. The van der Waals surface area contributed by atoms with Gasteiger partial charge < -0.3 is 9.84 Å². The molecule has 0 radical (unpaired) electrons. The normalized spacial score (nSPS) is 27.6. The maximum atomic E-state index is 9.81. The average Bonchev–Trinajstić information content (AvgIpc) is 2.28. The molecule has 0 saturated carbocycles. The van der Waals surface area contributed by atoms with Gasteiger partial charge in [0, 0.05) is 19.2 Å². The molecule has 90 valence electrons. The predicted octanol–water partition coefficient (Wildman–Crippen LogP) is 1.65. The van der Waals surface area contributed by atoms with Crippen LogP contribution in [-0.4, -0.2) is 48.0 Å². The van der Waals surface area contributed by atoms with E-state index in [0.29, 0.717) is 6.10 Å². The first-order valence-electron chi connectivity index (χ1n) is 6.22. The first-order chi connectivity index (χ1) is 7.19. The molecule has 1 saturated heterocycles. The summed E-state index contributed by atoms with van der Waals surface area (Å²) in [7, 11) is 0. The summed E-state index contributed by atoms with van der Waals surface area (Å²) in [5, 5.41) is 9.81. The molecular formula is C12H25NO2. The summed E-state index contributed by atoms with van der Waals surface area (Å²) in [5.74, 6) is 0. The quantitative estimate of drug-likeness (QED) is 0.757. The number of nitrogens with zero attached hydrogens (tertiary/aromatic N) is 1. The maximum Gasteiger partial charge on any atom is 0.0702 e. The molecule has 0 amide bonds. The van der Waals surface area contributed by atoms with Crippen LogP contribution < -0.4 is 0 Å². The molecule has 1 aliphatic rings. The van der Waals surface area contributed by atoms with E-state index in [4.69, 9.17) is 4.74 Å². The standard InChI is InChI=1S/C12H25NO2/c1-4-12(14)10(3)13-8-6-7-11(9-13)15-5-2/h10-12,14H,4-9H2,1-3H3. The van der Waals surface area contributed by atoms with E-state index in [2.05, 4.69) is 11.8 Å². The Kier molecular flexibility index (Phi) is 5.58. The Labute approximate surface area is 93.4 Å². The molecular weight excluding hydrogens is 190 g/mol. The Morgan fingerprint density at radius 3 is 2.80 bits per heavy atom. The molecule has 0 spiro atoms. The molecule has 15 heavy (non-hydrogen) atoms. The lowest BCUT2D eigenvalue weighted by molar-refractivity contribution is -0.0287. The van der Waals surface area contributed by atoms with Gasteiger partial charge in [-0.05, 0) is 39.7 Å². The fourth-order valence-corrected chi connectivity index (χ4v) is 2.29. The van der Waals surface area contributed by atoms with Crippen molar-refractivity contribution in [1.29, 1.82) is 0 Å². The molecule has 3 heteroatoms. The molecule has 0 bridgehead atoms. The summed E-state index contributed by atoms with van der Waals surface area (Å²) in [4.78, 5) is 2.36. The minimum atomic E-state index is -0.203. The van der Waals surface area contributed by atoms with Crippen molar-refractivity contribution in [3.63, 3.8) is 0 Å². The number of aliphatic hydroxyl groups excluding tert-OH is 1. The maximum absolute atomic E-state index is 9.81. The van der Waals surface area contributed by atoms with Crippen molar-refractivity contribution >= 4 is 0 Å². The summed E-state index contributed by atoms with van der Waals surface area (Å²) >= 11 is 0. The van der Waals surface area contributed by atoms with Crippen LogP contribution in [0.4, 0.5) is 0 Å². The summed E-state index contributed by atoms with van der Waals surface area (Å²) in [6.07, 6.45) is 3.35. The van der Waals surface area contributed by atoms with Crippen molar-refractivity contribution in [2.75, 3.05) is 19.7 Å². The highest BCUT2D eigenvalue weighted by Gasteiger charge is 2.26. The van der Waals surface area contributed by atoms with E-state index < -0.39 is 0 Å².